The van der Waals surface area contributed by atoms with Crippen LogP contribution in [0, 0.1) is 5.92 Å². The summed E-state index contributed by atoms with van der Waals surface area (Å²) < 4.78 is 26.7. The number of aliphatic hydroxyl groups is 1. The second-order valence-electron chi connectivity index (χ2n) is 5.37. The molecule has 0 aromatic rings. The van der Waals surface area contributed by atoms with Gasteiger partial charge in [-0.25, -0.2) is 12.7 Å². The highest BCUT2D eigenvalue weighted by Crippen LogP contribution is 2.25. The molecular weight excluding hydrogens is 252 g/mol. The van der Waals surface area contributed by atoms with Crippen LogP contribution in [0.15, 0.2) is 0 Å². The van der Waals surface area contributed by atoms with Crippen molar-refractivity contribution in [3.05, 3.63) is 0 Å². The van der Waals surface area contributed by atoms with Gasteiger partial charge in [-0.2, -0.15) is 0 Å². The lowest BCUT2D eigenvalue weighted by Crippen LogP contribution is -2.47. The zero-order valence-corrected chi connectivity index (χ0v) is 11.7. The zero-order chi connectivity index (χ0) is 13.0. The number of sulfonamides is 1. The van der Waals surface area contributed by atoms with E-state index in [1.807, 2.05) is 0 Å². The number of nitrogens with zero attached hydrogens (tertiary/aromatic N) is 1. The lowest BCUT2D eigenvalue weighted by Gasteiger charge is -2.35. The first-order valence-electron chi connectivity index (χ1n) is 6.95. The Morgan fingerprint density at radius 3 is 2.61 bits per heavy atom. The Hall–Kier alpha value is -0.170. The van der Waals surface area contributed by atoms with Gasteiger partial charge in [0.2, 0.25) is 10.0 Å². The van der Waals surface area contributed by atoms with Gasteiger partial charge in [0.15, 0.2) is 0 Å². The Labute approximate surface area is 110 Å². The predicted molar refractivity (Wildman–Crippen MR) is 70.8 cm³/mol. The van der Waals surface area contributed by atoms with Crippen LogP contribution < -0.4 is 5.32 Å². The molecule has 2 aliphatic rings. The third-order valence-corrected chi connectivity index (χ3v) is 6.45. The second kappa shape index (κ2) is 6.32. The molecule has 106 valence electrons. The molecule has 2 saturated heterocycles. The van der Waals surface area contributed by atoms with Crippen molar-refractivity contribution in [3.63, 3.8) is 0 Å². The lowest BCUT2D eigenvalue weighted by atomic mass is 9.97. The Kier molecular flexibility index (Phi) is 5.00. The van der Waals surface area contributed by atoms with Crippen molar-refractivity contribution in [2.75, 3.05) is 32.8 Å². The summed E-state index contributed by atoms with van der Waals surface area (Å²) in [5.74, 6) is 0.334. The van der Waals surface area contributed by atoms with Crippen molar-refractivity contribution in [2.45, 2.75) is 37.4 Å². The molecule has 5 nitrogen and oxygen atoms in total. The molecule has 1 unspecified atom stereocenters. The van der Waals surface area contributed by atoms with Crippen LogP contribution in [0.4, 0.5) is 0 Å². The molecule has 0 spiro atoms. The quantitative estimate of drug-likeness (QED) is 0.767. The van der Waals surface area contributed by atoms with Crippen LogP contribution >= 0.6 is 0 Å². The monoisotopic (exact) mass is 276 g/mol. The minimum atomic E-state index is -3.12. The number of nitrogens with one attached hydrogen (secondary N) is 1. The molecule has 0 aromatic carbocycles. The van der Waals surface area contributed by atoms with Gasteiger partial charge in [-0.1, -0.05) is 0 Å². The molecule has 2 rings (SSSR count). The first kappa shape index (κ1) is 14.2. The molecule has 2 N–H and O–H groups in total. The molecule has 2 fully saturated rings. The van der Waals surface area contributed by atoms with Crippen molar-refractivity contribution < 1.29 is 13.5 Å². The van der Waals surface area contributed by atoms with E-state index in [1.54, 1.807) is 4.31 Å². The molecule has 0 aliphatic carbocycles. The van der Waals surface area contributed by atoms with E-state index in [0.29, 0.717) is 19.0 Å². The molecular formula is C12H24N2O3S. The molecule has 0 bridgehead atoms. The van der Waals surface area contributed by atoms with E-state index in [1.165, 1.54) is 0 Å². The molecule has 2 heterocycles. The van der Waals surface area contributed by atoms with E-state index in [9.17, 15) is 8.42 Å². The van der Waals surface area contributed by atoms with E-state index in [4.69, 9.17) is 5.11 Å². The van der Waals surface area contributed by atoms with Crippen LogP contribution in [-0.4, -0.2) is 55.9 Å². The standard InChI is InChI=1S/C12H24N2O3S/c15-9-5-11-2-1-8-14(10-11)18(16,17)12-3-6-13-7-4-12/h11-13,15H,1-10H2. The van der Waals surface area contributed by atoms with E-state index in [0.717, 1.165) is 45.2 Å². The van der Waals surface area contributed by atoms with Crippen molar-refractivity contribution in [2.24, 2.45) is 5.92 Å². The second-order valence-corrected chi connectivity index (χ2v) is 7.59. The summed E-state index contributed by atoms with van der Waals surface area (Å²) >= 11 is 0. The van der Waals surface area contributed by atoms with Gasteiger partial charge in [0.25, 0.3) is 0 Å². The van der Waals surface area contributed by atoms with Crippen molar-refractivity contribution in [3.8, 4) is 0 Å². The fraction of sp³-hybridized carbons (Fsp3) is 1.00. The molecule has 1 atom stereocenters. The maximum atomic E-state index is 12.5. The smallest absolute Gasteiger partial charge is 0.217 e. The first-order valence-corrected chi connectivity index (χ1v) is 8.45. The number of rotatable bonds is 4. The normalized spacial score (nSPS) is 28.4. The highest BCUT2D eigenvalue weighted by molar-refractivity contribution is 7.89. The highest BCUT2D eigenvalue weighted by Gasteiger charge is 2.35. The van der Waals surface area contributed by atoms with Crippen molar-refractivity contribution in [1.82, 2.24) is 9.62 Å². The first-order chi connectivity index (χ1) is 8.64. The molecule has 6 heteroatoms. The van der Waals surface area contributed by atoms with Gasteiger partial charge in [-0.3, -0.25) is 0 Å². The largest absolute Gasteiger partial charge is 0.396 e. The van der Waals surface area contributed by atoms with E-state index >= 15 is 0 Å². The van der Waals surface area contributed by atoms with Gasteiger partial charge in [0, 0.05) is 19.7 Å². The molecule has 2 aliphatic heterocycles. The molecule has 18 heavy (non-hydrogen) atoms. The fourth-order valence-corrected chi connectivity index (χ4v) is 5.04. The molecule has 0 aromatic heterocycles. The Morgan fingerprint density at radius 1 is 1.22 bits per heavy atom. The van der Waals surface area contributed by atoms with Gasteiger partial charge in [-0.15, -0.1) is 0 Å². The van der Waals surface area contributed by atoms with E-state index < -0.39 is 10.0 Å². The number of aliphatic hydroxyl groups excluding tert-OH is 1. The number of hydrogen-bond donors (Lipinski definition) is 2. The summed E-state index contributed by atoms with van der Waals surface area (Å²) in [6.07, 6.45) is 4.14. The topological polar surface area (TPSA) is 69.6 Å². The van der Waals surface area contributed by atoms with Crippen LogP contribution in [0.2, 0.25) is 0 Å². The number of piperidine rings is 2. The van der Waals surface area contributed by atoms with Crippen molar-refractivity contribution >= 4 is 10.0 Å². The predicted octanol–water partition coefficient (Wildman–Crippen LogP) is 0.163. The Bertz CT molecular complexity index is 350. The summed E-state index contributed by atoms with van der Waals surface area (Å²) in [5.41, 5.74) is 0. The zero-order valence-electron chi connectivity index (χ0n) is 10.8. The maximum absolute atomic E-state index is 12.5. The molecule has 0 amide bonds. The van der Waals surface area contributed by atoms with E-state index in [2.05, 4.69) is 5.32 Å². The van der Waals surface area contributed by atoms with Crippen LogP contribution in [0.3, 0.4) is 0 Å². The summed E-state index contributed by atoms with van der Waals surface area (Å²) in [7, 11) is -3.12. The number of hydrogen-bond acceptors (Lipinski definition) is 4. The Morgan fingerprint density at radius 2 is 1.94 bits per heavy atom. The summed E-state index contributed by atoms with van der Waals surface area (Å²) in [6, 6.07) is 0. The fourth-order valence-electron chi connectivity index (χ4n) is 2.98. The molecule has 0 saturated carbocycles. The average molecular weight is 276 g/mol. The van der Waals surface area contributed by atoms with Gasteiger partial charge in [-0.05, 0) is 51.1 Å². The Balaban J connectivity index is 1.99. The summed E-state index contributed by atoms with van der Waals surface area (Å²) in [4.78, 5) is 0. The molecule has 0 radical (unpaired) electrons. The SMILES string of the molecule is O=S(=O)(C1CCNCC1)N1CCCC(CCO)C1. The lowest BCUT2D eigenvalue weighted by molar-refractivity contribution is 0.201. The summed E-state index contributed by atoms with van der Waals surface area (Å²) in [6.45, 7) is 3.03. The van der Waals surface area contributed by atoms with Gasteiger partial charge < -0.3 is 10.4 Å². The van der Waals surface area contributed by atoms with Gasteiger partial charge in [0.1, 0.15) is 0 Å². The maximum Gasteiger partial charge on any atom is 0.217 e. The van der Waals surface area contributed by atoms with E-state index in [-0.39, 0.29) is 11.9 Å². The third-order valence-electron chi connectivity index (χ3n) is 4.09. The van der Waals surface area contributed by atoms with Gasteiger partial charge in [0.05, 0.1) is 5.25 Å². The minimum absolute atomic E-state index is 0.159. The average Bonchev–Trinajstić information content (AvgIpc) is 2.40. The van der Waals surface area contributed by atoms with Crippen molar-refractivity contribution in [1.29, 1.82) is 0 Å². The van der Waals surface area contributed by atoms with Crippen LogP contribution in [0.25, 0.3) is 0 Å². The highest BCUT2D eigenvalue weighted by atomic mass is 32.2. The minimum Gasteiger partial charge on any atom is -0.396 e. The van der Waals surface area contributed by atoms with Crippen LogP contribution in [0.1, 0.15) is 32.1 Å². The summed E-state index contributed by atoms with van der Waals surface area (Å²) in [5, 5.41) is 12.0. The third kappa shape index (κ3) is 3.23. The van der Waals surface area contributed by atoms with Crippen LogP contribution in [-0.2, 0) is 10.0 Å². The van der Waals surface area contributed by atoms with Crippen LogP contribution in [0.5, 0.6) is 0 Å². The van der Waals surface area contributed by atoms with Gasteiger partial charge >= 0.3 is 0 Å².